The lowest BCUT2D eigenvalue weighted by Crippen LogP contribution is -1.72. The van der Waals surface area contributed by atoms with Crippen molar-refractivity contribution in [2.75, 3.05) is 0 Å². The molecule has 0 atom stereocenters. The predicted molar refractivity (Wildman–Crippen MR) is 53.2 cm³/mol. The number of aromatic nitrogens is 1. The van der Waals surface area contributed by atoms with Crippen LogP contribution < -0.4 is 0 Å². The monoisotopic (exact) mass is 167 g/mol. The molecule has 0 amide bonds. The maximum atomic E-state index is 8.75. The van der Waals surface area contributed by atoms with Gasteiger partial charge in [-0.1, -0.05) is 13.8 Å². The fraction of sp³-hybridized carbons (Fsp3) is 0.300. The third kappa shape index (κ3) is 6.81. The van der Waals surface area contributed by atoms with Gasteiger partial charge in [-0.2, -0.15) is 0 Å². The SMILES string of the molecule is C=C.CC.Cc1cncc(O)c1. The Morgan fingerprint density at radius 1 is 1.25 bits per heavy atom. The summed E-state index contributed by atoms with van der Waals surface area (Å²) in [5, 5.41) is 8.75. The number of hydrogen-bond acceptors (Lipinski definition) is 2. The van der Waals surface area contributed by atoms with Gasteiger partial charge >= 0.3 is 0 Å². The molecule has 0 aromatic carbocycles. The van der Waals surface area contributed by atoms with Crippen molar-refractivity contribution < 1.29 is 5.11 Å². The first-order valence-electron chi connectivity index (χ1n) is 3.89. The quantitative estimate of drug-likeness (QED) is 0.603. The summed E-state index contributed by atoms with van der Waals surface area (Å²) < 4.78 is 0. The van der Waals surface area contributed by atoms with Crippen LogP contribution in [0.4, 0.5) is 0 Å². The Morgan fingerprint density at radius 3 is 2.00 bits per heavy atom. The second-order valence-electron chi connectivity index (χ2n) is 1.72. The summed E-state index contributed by atoms with van der Waals surface area (Å²) in [4.78, 5) is 3.73. The lowest BCUT2D eigenvalue weighted by atomic mass is 10.3. The van der Waals surface area contributed by atoms with Crippen LogP contribution >= 0.6 is 0 Å². The number of aryl methyl sites for hydroxylation is 1. The summed E-state index contributed by atoms with van der Waals surface area (Å²) in [5.41, 5.74) is 0.977. The standard InChI is InChI=1S/C6H7NO.C2H6.C2H4/c1-5-2-6(8)4-7-3-5;2*1-2/h2-4,8H,1H3;1-2H3;1-2H2. The Morgan fingerprint density at radius 2 is 1.75 bits per heavy atom. The van der Waals surface area contributed by atoms with Crippen LogP contribution in [0.2, 0.25) is 0 Å². The number of hydrogen-bond donors (Lipinski definition) is 1. The van der Waals surface area contributed by atoms with E-state index in [1.54, 1.807) is 12.3 Å². The van der Waals surface area contributed by atoms with E-state index in [-0.39, 0.29) is 5.75 Å². The van der Waals surface area contributed by atoms with Crippen LogP contribution in [0.3, 0.4) is 0 Å². The summed E-state index contributed by atoms with van der Waals surface area (Å²) in [6.45, 7) is 11.9. The minimum Gasteiger partial charge on any atom is -0.506 e. The molecule has 0 aliphatic carbocycles. The number of rotatable bonds is 0. The zero-order chi connectivity index (χ0) is 9.98. The van der Waals surface area contributed by atoms with Gasteiger partial charge in [-0.05, 0) is 18.6 Å². The van der Waals surface area contributed by atoms with Gasteiger partial charge in [-0.25, -0.2) is 0 Å². The highest BCUT2D eigenvalue weighted by Gasteiger charge is 1.84. The van der Waals surface area contributed by atoms with Crippen LogP contribution in [-0.4, -0.2) is 10.1 Å². The van der Waals surface area contributed by atoms with Crippen molar-refractivity contribution in [3.63, 3.8) is 0 Å². The molecule has 1 heterocycles. The summed E-state index contributed by atoms with van der Waals surface area (Å²) >= 11 is 0. The fourth-order valence-corrected chi connectivity index (χ4v) is 0.539. The second-order valence-corrected chi connectivity index (χ2v) is 1.72. The highest BCUT2D eigenvalue weighted by atomic mass is 16.3. The van der Waals surface area contributed by atoms with Gasteiger partial charge in [0.25, 0.3) is 0 Å². The molecule has 0 spiro atoms. The highest BCUT2D eigenvalue weighted by molar-refractivity contribution is 5.20. The Balaban J connectivity index is 0. The smallest absolute Gasteiger partial charge is 0.134 e. The maximum Gasteiger partial charge on any atom is 0.134 e. The van der Waals surface area contributed by atoms with E-state index in [4.69, 9.17) is 5.11 Å². The van der Waals surface area contributed by atoms with E-state index < -0.39 is 0 Å². The number of pyridine rings is 1. The van der Waals surface area contributed by atoms with E-state index in [1.807, 2.05) is 20.8 Å². The summed E-state index contributed by atoms with van der Waals surface area (Å²) in [5.74, 6) is 0.227. The molecule has 1 rings (SSSR count). The molecule has 0 aliphatic heterocycles. The van der Waals surface area contributed by atoms with E-state index in [0.717, 1.165) is 5.56 Å². The molecule has 0 saturated carbocycles. The molecule has 0 bridgehead atoms. The van der Waals surface area contributed by atoms with Gasteiger partial charge < -0.3 is 5.11 Å². The molecule has 1 aromatic heterocycles. The molecule has 68 valence electrons. The van der Waals surface area contributed by atoms with Crippen LogP contribution in [0, 0.1) is 6.92 Å². The van der Waals surface area contributed by atoms with Crippen LogP contribution in [0.25, 0.3) is 0 Å². The average Bonchev–Trinajstić information content (AvgIpc) is 2.11. The summed E-state index contributed by atoms with van der Waals surface area (Å²) in [6, 6.07) is 1.66. The Hall–Kier alpha value is -1.31. The van der Waals surface area contributed by atoms with Crippen LogP contribution in [0.1, 0.15) is 19.4 Å². The van der Waals surface area contributed by atoms with Gasteiger partial charge in [0.2, 0.25) is 0 Å². The summed E-state index contributed by atoms with van der Waals surface area (Å²) in [7, 11) is 0. The number of aromatic hydroxyl groups is 1. The van der Waals surface area contributed by atoms with Crippen molar-refractivity contribution in [3.05, 3.63) is 37.2 Å². The first-order valence-corrected chi connectivity index (χ1v) is 3.89. The van der Waals surface area contributed by atoms with E-state index in [1.165, 1.54) is 6.20 Å². The lowest BCUT2D eigenvalue weighted by Gasteiger charge is -1.89. The van der Waals surface area contributed by atoms with Gasteiger partial charge in [0, 0.05) is 6.20 Å². The molecular weight excluding hydrogens is 150 g/mol. The molecule has 0 aliphatic rings. The van der Waals surface area contributed by atoms with Gasteiger partial charge in [-0.3, -0.25) is 4.98 Å². The topological polar surface area (TPSA) is 33.1 Å². The largest absolute Gasteiger partial charge is 0.506 e. The van der Waals surface area contributed by atoms with Crippen molar-refractivity contribution in [3.8, 4) is 5.75 Å². The predicted octanol–water partition coefficient (Wildman–Crippen LogP) is 2.92. The average molecular weight is 167 g/mol. The summed E-state index contributed by atoms with van der Waals surface area (Å²) in [6.07, 6.45) is 3.10. The fourth-order valence-electron chi connectivity index (χ4n) is 0.539. The van der Waals surface area contributed by atoms with Crippen molar-refractivity contribution in [2.45, 2.75) is 20.8 Å². The van der Waals surface area contributed by atoms with Gasteiger partial charge in [-0.15, -0.1) is 13.2 Å². The number of nitrogens with zero attached hydrogens (tertiary/aromatic N) is 1. The third-order valence-electron chi connectivity index (χ3n) is 0.861. The molecule has 12 heavy (non-hydrogen) atoms. The molecule has 0 unspecified atom stereocenters. The molecule has 1 N–H and O–H groups in total. The third-order valence-corrected chi connectivity index (χ3v) is 0.861. The van der Waals surface area contributed by atoms with Gasteiger partial charge in [0.05, 0.1) is 6.20 Å². The molecule has 0 radical (unpaired) electrons. The van der Waals surface area contributed by atoms with Crippen molar-refractivity contribution in [1.29, 1.82) is 0 Å². The first kappa shape index (κ1) is 13.3. The van der Waals surface area contributed by atoms with Crippen LogP contribution in [-0.2, 0) is 0 Å². The first-order chi connectivity index (χ1) is 5.79. The second kappa shape index (κ2) is 9.69. The Bertz CT molecular complexity index is 182. The molecule has 1 aromatic rings. The Kier molecular flexibility index (Phi) is 10.7. The minimum atomic E-state index is 0.227. The Labute approximate surface area is 74.6 Å². The molecule has 2 nitrogen and oxygen atoms in total. The van der Waals surface area contributed by atoms with Crippen LogP contribution in [0.15, 0.2) is 31.6 Å². The van der Waals surface area contributed by atoms with E-state index in [0.29, 0.717) is 0 Å². The zero-order valence-electron chi connectivity index (χ0n) is 8.04. The highest BCUT2D eigenvalue weighted by Crippen LogP contribution is 2.05. The molecular formula is C10H17NO. The van der Waals surface area contributed by atoms with Crippen LogP contribution in [0.5, 0.6) is 5.75 Å². The van der Waals surface area contributed by atoms with Gasteiger partial charge in [0.1, 0.15) is 5.75 Å². The van der Waals surface area contributed by atoms with Crippen molar-refractivity contribution in [1.82, 2.24) is 4.98 Å². The molecule has 2 heteroatoms. The van der Waals surface area contributed by atoms with E-state index in [2.05, 4.69) is 18.1 Å². The minimum absolute atomic E-state index is 0.227. The maximum absolute atomic E-state index is 8.75. The van der Waals surface area contributed by atoms with E-state index >= 15 is 0 Å². The molecule has 0 fully saturated rings. The molecule has 0 saturated heterocycles. The van der Waals surface area contributed by atoms with E-state index in [9.17, 15) is 0 Å². The van der Waals surface area contributed by atoms with Crippen molar-refractivity contribution in [2.24, 2.45) is 0 Å². The normalized spacial score (nSPS) is 6.92. The van der Waals surface area contributed by atoms with Crippen molar-refractivity contribution >= 4 is 0 Å². The zero-order valence-corrected chi connectivity index (χ0v) is 8.04. The lowest BCUT2D eigenvalue weighted by molar-refractivity contribution is 0.472. The van der Waals surface area contributed by atoms with Gasteiger partial charge in [0.15, 0.2) is 0 Å².